The van der Waals surface area contributed by atoms with Gasteiger partial charge in [-0.2, -0.15) is 0 Å². The lowest BCUT2D eigenvalue weighted by molar-refractivity contribution is 0.290. The molecule has 1 unspecified atom stereocenters. The fraction of sp³-hybridized carbons (Fsp3) is 0.143. The zero-order chi connectivity index (χ0) is 13.0. The van der Waals surface area contributed by atoms with Crippen LogP contribution in [0.2, 0.25) is 0 Å². The van der Waals surface area contributed by atoms with Gasteiger partial charge in [0, 0.05) is 0 Å². The molecule has 0 saturated carbocycles. The maximum Gasteiger partial charge on any atom is 0.123 e. The number of hydrogen-bond acceptors (Lipinski definition) is 3. The molecule has 0 heterocycles. The van der Waals surface area contributed by atoms with Crippen LogP contribution in [0.15, 0.2) is 48.5 Å². The van der Waals surface area contributed by atoms with Gasteiger partial charge in [0.05, 0.1) is 6.04 Å². The summed E-state index contributed by atoms with van der Waals surface area (Å²) in [4.78, 5) is 0. The summed E-state index contributed by atoms with van der Waals surface area (Å²) in [7, 11) is 0. The highest BCUT2D eigenvalue weighted by Gasteiger charge is 2.07. The first-order valence-corrected chi connectivity index (χ1v) is 5.58. The molecule has 2 rings (SSSR count). The molecule has 0 amide bonds. The Hall–Kier alpha value is -2.07. The topological polar surface area (TPSA) is 55.5 Å². The van der Waals surface area contributed by atoms with Gasteiger partial charge in [0.15, 0.2) is 0 Å². The lowest BCUT2D eigenvalue weighted by Crippen LogP contribution is -2.18. The molecule has 0 saturated heterocycles. The number of nitrogens with two attached hydrogens (primary N) is 1. The van der Waals surface area contributed by atoms with Crippen molar-refractivity contribution in [3.8, 4) is 11.5 Å². The van der Waals surface area contributed by atoms with Gasteiger partial charge in [-0.1, -0.05) is 12.1 Å². The zero-order valence-electron chi connectivity index (χ0n) is 9.71. The normalized spacial score (nSPS) is 12.1. The third-order valence-electron chi connectivity index (χ3n) is 2.56. The molecule has 0 spiro atoms. The molecular formula is C14H14FNO2. The summed E-state index contributed by atoms with van der Waals surface area (Å²) in [6.45, 7) is 0.288. The van der Waals surface area contributed by atoms with Gasteiger partial charge in [-0.05, 0) is 42.0 Å². The predicted molar refractivity (Wildman–Crippen MR) is 66.9 cm³/mol. The summed E-state index contributed by atoms with van der Waals surface area (Å²) in [6.07, 6.45) is 0. The Labute approximate surface area is 105 Å². The average molecular weight is 247 g/mol. The molecule has 2 aromatic rings. The second-order valence-electron chi connectivity index (χ2n) is 3.96. The summed E-state index contributed by atoms with van der Waals surface area (Å²) in [5.41, 5.74) is 6.81. The first-order valence-electron chi connectivity index (χ1n) is 5.58. The van der Waals surface area contributed by atoms with Crippen molar-refractivity contribution in [2.45, 2.75) is 6.04 Å². The van der Waals surface area contributed by atoms with Crippen LogP contribution < -0.4 is 10.5 Å². The maximum atomic E-state index is 12.7. The van der Waals surface area contributed by atoms with E-state index >= 15 is 0 Å². The monoisotopic (exact) mass is 247 g/mol. The van der Waals surface area contributed by atoms with Crippen molar-refractivity contribution in [1.29, 1.82) is 0 Å². The summed E-state index contributed by atoms with van der Waals surface area (Å²) < 4.78 is 18.1. The highest BCUT2D eigenvalue weighted by molar-refractivity contribution is 5.28. The van der Waals surface area contributed by atoms with E-state index < -0.39 is 0 Å². The number of phenolic OH excluding ortho intramolecular Hbond substituents is 1. The summed E-state index contributed by atoms with van der Waals surface area (Å²) in [5.74, 6) is 0.473. The van der Waals surface area contributed by atoms with Crippen molar-refractivity contribution in [3.05, 3.63) is 59.9 Å². The first kappa shape index (κ1) is 12.4. The SMILES string of the molecule is NC(COc1ccc(F)cc1)c1ccc(O)cc1. The molecule has 0 aromatic heterocycles. The zero-order valence-corrected chi connectivity index (χ0v) is 9.71. The minimum atomic E-state index is -0.301. The molecule has 18 heavy (non-hydrogen) atoms. The molecule has 0 fully saturated rings. The molecule has 0 aliphatic carbocycles. The fourth-order valence-electron chi connectivity index (χ4n) is 1.53. The van der Waals surface area contributed by atoms with E-state index in [-0.39, 0.29) is 24.2 Å². The van der Waals surface area contributed by atoms with Crippen LogP contribution in [-0.4, -0.2) is 11.7 Å². The van der Waals surface area contributed by atoms with E-state index in [0.29, 0.717) is 5.75 Å². The minimum Gasteiger partial charge on any atom is -0.508 e. The number of halogens is 1. The van der Waals surface area contributed by atoms with E-state index in [1.807, 2.05) is 0 Å². The number of rotatable bonds is 4. The van der Waals surface area contributed by atoms with Gasteiger partial charge in [-0.3, -0.25) is 0 Å². The summed E-state index contributed by atoms with van der Waals surface area (Å²) in [5, 5.41) is 9.16. The van der Waals surface area contributed by atoms with Gasteiger partial charge in [0.2, 0.25) is 0 Å². The van der Waals surface area contributed by atoms with Crippen LogP contribution in [0.4, 0.5) is 4.39 Å². The summed E-state index contributed by atoms with van der Waals surface area (Å²) in [6, 6.07) is 12.1. The third kappa shape index (κ3) is 3.21. The van der Waals surface area contributed by atoms with Gasteiger partial charge in [-0.15, -0.1) is 0 Å². The Morgan fingerprint density at radius 2 is 1.67 bits per heavy atom. The lowest BCUT2D eigenvalue weighted by atomic mass is 10.1. The molecule has 0 aliphatic heterocycles. The Balaban J connectivity index is 1.93. The number of ether oxygens (including phenoxy) is 1. The van der Waals surface area contributed by atoms with E-state index in [1.54, 1.807) is 36.4 Å². The molecule has 94 valence electrons. The Kier molecular flexibility index (Phi) is 3.79. The molecular weight excluding hydrogens is 233 g/mol. The molecule has 3 N–H and O–H groups in total. The quantitative estimate of drug-likeness (QED) is 0.873. The molecule has 3 nitrogen and oxygen atoms in total. The van der Waals surface area contributed by atoms with Crippen LogP contribution in [0.3, 0.4) is 0 Å². The number of benzene rings is 2. The molecule has 4 heteroatoms. The van der Waals surface area contributed by atoms with Crippen molar-refractivity contribution in [2.75, 3.05) is 6.61 Å². The molecule has 0 bridgehead atoms. The van der Waals surface area contributed by atoms with E-state index in [0.717, 1.165) is 5.56 Å². The van der Waals surface area contributed by atoms with Crippen molar-refractivity contribution in [3.63, 3.8) is 0 Å². The average Bonchev–Trinajstić information content (AvgIpc) is 2.38. The smallest absolute Gasteiger partial charge is 0.123 e. The van der Waals surface area contributed by atoms with Gasteiger partial charge in [0.1, 0.15) is 23.9 Å². The summed E-state index contributed by atoms with van der Waals surface area (Å²) >= 11 is 0. The van der Waals surface area contributed by atoms with Crippen LogP contribution in [0.5, 0.6) is 11.5 Å². The second kappa shape index (κ2) is 5.51. The molecule has 0 aliphatic rings. The first-order chi connectivity index (χ1) is 8.65. The van der Waals surface area contributed by atoms with E-state index in [1.165, 1.54) is 12.1 Å². The number of phenols is 1. The van der Waals surface area contributed by atoms with Crippen molar-refractivity contribution >= 4 is 0 Å². The van der Waals surface area contributed by atoms with E-state index in [4.69, 9.17) is 15.6 Å². The van der Waals surface area contributed by atoms with Gasteiger partial charge < -0.3 is 15.6 Å². The Morgan fingerprint density at radius 1 is 1.06 bits per heavy atom. The van der Waals surface area contributed by atoms with E-state index in [9.17, 15) is 4.39 Å². The van der Waals surface area contributed by atoms with Crippen molar-refractivity contribution in [1.82, 2.24) is 0 Å². The standard InChI is InChI=1S/C14H14FNO2/c15-11-3-7-13(8-4-11)18-9-14(16)10-1-5-12(17)6-2-10/h1-8,14,17H,9,16H2. The van der Waals surface area contributed by atoms with Crippen LogP contribution in [0.1, 0.15) is 11.6 Å². The van der Waals surface area contributed by atoms with Crippen LogP contribution in [0, 0.1) is 5.82 Å². The largest absolute Gasteiger partial charge is 0.508 e. The van der Waals surface area contributed by atoms with Crippen molar-refractivity contribution in [2.24, 2.45) is 5.73 Å². The molecule has 0 radical (unpaired) electrons. The van der Waals surface area contributed by atoms with Crippen LogP contribution in [0.25, 0.3) is 0 Å². The minimum absolute atomic E-state index is 0.199. The van der Waals surface area contributed by atoms with Gasteiger partial charge in [-0.25, -0.2) is 4.39 Å². The Bertz CT molecular complexity index is 496. The predicted octanol–water partition coefficient (Wildman–Crippen LogP) is 2.61. The van der Waals surface area contributed by atoms with Crippen molar-refractivity contribution < 1.29 is 14.2 Å². The lowest BCUT2D eigenvalue weighted by Gasteiger charge is -2.13. The number of aromatic hydroxyl groups is 1. The fourth-order valence-corrected chi connectivity index (χ4v) is 1.53. The Morgan fingerprint density at radius 3 is 2.28 bits per heavy atom. The molecule has 2 aromatic carbocycles. The highest BCUT2D eigenvalue weighted by atomic mass is 19.1. The number of hydrogen-bond donors (Lipinski definition) is 2. The third-order valence-corrected chi connectivity index (χ3v) is 2.56. The van der Waals surface area contributed by atoms with Gasteiger partial charge >= 0.3 is 0 Å². The van der Waals surface area contributed by atoms with Crippen LogP contribution in [-0.2, 0) is 0 Å². The maximum absolute atomic E-state index is 12.7. The van der Waals surface area contributed by atoms with E-state index in [2.05, 4.69) is 0 Å². The van der Waals surface area contributed by atoms with Gasteiger partial charge in [0.25, 0.3) is 0 Å². The van der Waals surface area contributed by atoms with Crippen LogP contribution >= 0.6 is 0 Å². The molecule has 1 atom stereocenters. The second-order valence-corrected chi connectivity index (χ2v) is 3.96. The highest BCUT2D eigenvalue weighted by Crippen LogP contribution is 2.17.